The minimum absolute atomic E-state index is 0.0960. The third-order valence-corrected chi connectivity index (χ3v) is 4.77. The summed E-state index contributed by atoms with van der Waals surface area (Å²) in [4.78, 5) is 14.9. The summed E-state index contributed by atoms with van der Waals surface area (Å²) in [5.41, 5.74) is 1.93. The van der Waals surface area contributed by atoms with E-state index in [1.54, 1.807) is 14.2 Å². The average molecular weight is 363 g/mol. The average Bonchev–Trinajstić information content (AvgIpc) is 2.72. The highest BCUT2D eigenvalue weighted by molar-refractivity contribution is 6.03. The van der Waals surface area contributed by atoms with Gasteiger partial charge in [0.2, 0.25) is 5.91 Å². The Morgan fingerprint density at radius 2 is 1.67 bits per heavy atom. The van der Waals surface area contributed by atoms with Crippen LogP contribution in [0.4, 0.5) is 5.69 Å². The van der Waals surface area contributed by atoms with Crippen molar-refractivity contribution >= 4 is 22.4 Å². The highest BCUT2D eigenvalue weighted by Crippen LogP contribution is 2.32. The van der Waals surface area contributed by atoms with Crippen LogP contribution in [-0.2, 0) is 11.2 Å². The molecule has 0 saturated heterocycles. The Morgan fingerprint density at radius 1 is 0.926 bits per heavy atom. The largest absolute Gasteiger partial charge is 0.493 e. The number of aryl methyl sites for hydroxylation is 1. The third-order valence-electron chi connectivity index (χ3n) is 4.77. The standard InChI is InChI=1S/C23H25NO3/c1-4-24(20-13-7-10-17-9-5-6-12-19(17)20)22(25)16-15-18-11-8-14-21(26-2)23(18)27-3/h5-14H,4,15-16H2,1-3H3. The number of hydrogen-bond donors (Lipinski definition) is 0. The molecule has 0 fully saturated rings. The van der Waals surface area contributed by atoms with Gasteiger partial charge in [-0.1, -0.05) is 48.5 Å². The van der Waals surface area contributed by atoms with Gasteiger partial charge in [-0.3, -0.25) is 4.79 Å². The second-order valence-corrected chi connectivity index (χ2v) is 6.29. The molecule has 27 heavy (non-hydrogen) atoms. The molecule has 140 valence electrons. The lowest BCUT2D eigenvalue weighted by atomic mass is 10.1. The number of carbonyl (C=O) groups excluding carboxylic acids is 1. The highest BCUT2D eigenvalue weighted by Gasteiger charge is 2.17. The van der Waals surface area contributed by atoms with Gasteiger partial charge in [0.1, 0.15) is 0 Å². The van der Waals surface area contributed by atoms with E-state index in [-0.39, 0.29) is 5.91 Å². The van der Waals surface area contributed by atoms with Gasteiger partial charge in [-0.25, -0.2) is 0 Å². The van der Waals surface area contributed by atoms with Crippen molar-refractivity contribution in [3.63, 3.8) is 0 Å². The van der Waals surface area contributed by atoms with Crippen LogP contribution in [0.2, 0.25) is 0 Å². The zero-order valence-corrected chi connectivity index (χ0v) is 16.1. The van der Waals surface area contributed by atoms with Crippen molar-refractivity contribution in [1.29, 1.82) is 0 Å². The van der Waals surface area contributed by atoms with E-state index in [1.807, 2.05) is 54.3 Å². The van der Waals surface area contributed by atoms with Gasteiger partial charge in [0, 0.05) is 18.4 Å². The Balaban J connectivity index is 1.82. The maximum Gasteiger partial charge on any atom is 0.227 e. The fourth-order valence-electron chi connectivity index (χ4n) is 3.45. The molecule has 3 aromatic carbocycles. The van der Waals surface area contributed by atoms with Gasteiger partial charge in [0.25, 0.3) is 0 Å². The van der Waals surface area contributed by atoms with Crippen LogP contribution in [0.5, 0.6) is 11.5 Å². The van der Waals surface area contributed by atoms with Gasteiger partial charge >= 0.3 is 0 Å². The summed E-state index contributed by atoms with van der Waals surface area (Å²) in [5, 5.41) is 2.23. The number of para-hydroxylation sites is 1. The zero-order chi connectivity index (χ0) is 19.2. The number of rotatable bonds is 7. The molecule has 0 unspecified atom stereocenters. The summed E-state index contributed by atoms with van der Waals surface area (Å²) >= 11 is 0. The summed E-state index contributed by atoms with van der Waals surface area (Å²) in [6.07, 6.45) is 1.00. The number of carbonyl (C=O) groups is 1. The van der Waals surface area contributed by atoms with E-state index < -0.39 is 0 Å². The van der Waals surface area contributed by atoms with Gasteiger partial charge in [-0.2, -0.15) is 0 Å². The van der Waals surface area contributed by atoms with E-state index in [9.17, 15) is 4.79 Å². The fraction of sp³-hybridized carbons (Fsp3) is 0.261. The fourth-order valence-corrected chi connectivity index (χ4v) is 3.45. The van der Waals surface area contributed by atoms with Gasteiger partial charge in [0.05, 0.1) is 19.9 Å². The Labute approximate surface area is 160 Å². The van der Waals surface area contributed by atoms with E-state index >= 15 is 0 Å². The third kappa shape index (κ3) is 3.90. The van der Waals surface area contributed by atoms with Gasteiger partial charge < -0.3 is 14.4 Å². The molecule has 0 atom stereocenters. The molecule has 4 nitrogen and oxygen atoms in total. The predicted molar refractivity (Wildman–Crippen MR) is 110 cm³/mol. The summed E-state index contributed by atoms with van der Waals surface area (Å²) in [5.74, 6) is 1.48. The Kier molecular flexibility index (Phi) is 5.97. The van der Waals surface area contributed by atoms with E-state index in [1.165, 1.54) is 0 Å². The summed E-state index contributed by atoms with van der Waals surface area (Å²) in [6, 6.07) is 20.0. The van der Waals surface area contributed by atoms with Gasteiger partial charge in [-0.15, -0.1) is 0 Å². The first-order valence-corrected chi connectivity index (χ1v) is 9.17. The molecule has 0 radical (unpaired) electrons. The number of ether oxygens (including phenoxy) is 2. The predicted octanol–water partition coefficient (Wildman–Crippen LogP) is 4.84. The molecule has 0 aliphatic carbocycles. The lowest BCUT2D eigenvalue weighted by molar-refractivity contribution is -0.118. The molecule has 0 N–H and O–H groups in total. The molecule has 3 rings (SSSR count). The lowest BCUT2D eigenvalue weighted by Gasteiger charge is -2.23. The highest BCUT2D eigenvalue weighted by atomic mass is 16.5. The van der Waals surface area contributed by atoms with E-state index in [2.05, 4.69) is 18.2 Å². The maximum absolute atomic E-state index is 13.0. The number of amides is 1. The van der Waals surface area contributed by atoms with Crippen LogP contribution in [0.25, 0.3) is 10.8 Å². The van der Waals surface area contributed by atoms with Crippen LogP contribution in [0.15, 0.2) is 60.7 Å². The zero-order valence-electron chi connectivity index (χ0n) is 16.1. The van der Waals surface area contributed by atoms with E-state index in [4.69, 9.17) is 9.47 Å². The molecule has 0 bridgehead atoms. The number of hydrogen-bond acceptors (Lipinski definition) is 3. The van der Waals surface area contributed by atoms with Crippen molar-refractivity contribution in [3.05, 3.63) is 66.2 Å². The molecule has 4 heteroatoms. The number of fused-ring (bicyclic) bond motifs is 1. The summed E-state index contributed by atoms with van der Waals surface area (Å²) in [7, 11) is 3.24. The maximum atomic E-state index is 13.0. The Morgan fingerprint density at radius 3 is 2.41 bits per heavy atom. The lowest BCUT2D eigenvalue weighted by Crippen LogP contribution is -2.31. The second kappa shape index (κ2) is 8.58. The first-order valence-electron chi connectivity index (χ1n) is 9.17. The summed E-state index contributed by atoms with van der Waals surface area (Å²) < 4.78 is 10.8. The molecule has 1 amide bonds. The molecular weight excluding hydrogens is 338 g/mol. The van der Waals surface area contributed by atoms with Gasteiger partial charge in [-0.05, 0) is 36.4 Å². The molecule has 0 aromatic heterocycles. The van der Waals surface area contributed by atoms with Crippen LogP contribution < -0.4 is 14.4 Å². The van der Waals surface area contributed by atoms with Crippen molar-refractivity contribution in [2.24, 2.45) is 0 Å². The minimum Gasteiger partial charge on any atom is -0.493 e. The number of methoxy groups -OCH3 is 2. The number of benzene rings is 3. The van der Waals surface area contributed by atoms with Crippen LogP contribution in [0.1, 0.15) is 18.9 Å². The normalized spacial score (nSPS) is 10.6. The first kappa shape index (κ1) is 18.8. The Hall–Kier alpha value is -3.01. The smallest absolute Gasteiger partial charge is 0.227 e. The molecule has 0 heterocycles. The molecule has 0 aliphatic rings. The van der Waals surface area contributed by atoms with Crippen molar-refractivity contribution in [2.75, 3.05) is 25.7 Å². The van der Waals surface area contributed by atoms with Crippen LogP contribution in [0.3, 0.4) is 0 Å². The monoisotopic (exact) mass is 363 g/mol. The number of nitrogens with zero attached hydrogens (tertiary/aromatic N) is 1. The molecule has 3 aromatic rings. The van der Waals surface area contributed by atoms with Crippen molar-refractivity contribution in [1.82, 2.24) is 0 Å². The second-order valence-electron chi connectivity index (χ2n) is 6.29. The number of anilines is 1. The van der Waals surface area contributed by atoms with Crippen LogP contribution in [0, 0.1) is 0 Å². The summed E-state index contributed by atoms with van der Waals surface area (Å²) in [6.45, 7) is 2.63. The van der Waals surface area contributed by atoms with E-state index in [0.29, 0.717) is 30.9 Å². The SMILES string of the molecule is CCN(C(=O)CCc1cccc(OC)c1OC)c1cccc2ccccc12. The van der Waals surface area contributed by atoms with Crippen LogP contribution >= 0.6 is 0 Å². The van der Waals surface area contributed by atoms with Gasteiger partial charge in [0.15, 0.2) is 11.5 Å². The van der Waals surface area contributed by atoms with E-state index in [0.717, 1.165) is 22.0 Å². The molecular formula is C23H25NO3. The topological polar surface area (TPSA) is 38.8 Å². The molecule has 0 spiro atoms. The van der Waals surface area contributed by atoms with Crippen molar-refractivity contribution in [3.8, 4) is 11.5 Å². The molecule has 0 aliphatic heterocycles. The van der Waals surface area contributed by atoms with Crippen LogP contribution in [-0.4, -0.2) is 26.7 Å². The quantitative estimate of drug-likeness (QED) is 0.603. The first-order chi connectivity index (χ1) is 13.2. The molecule has 0 saturated carbocycles. The Bertz CT molecular complexity index is 931. The minimum atomic E-state index is 0.0960. The van der Waals surface area contributed by atoms with Crippen molar-refractivity contribution in [2.45, 2.75) is 19.8 Å². The van der Waals surface area contributed by atoms with Crippen molar-refractivity contribution < 1.29 is 14.3 Å².